The van der Waals surface area contributed by atoms with Crippen LogP contribution in [0, 0.1) is 31.6 Å². The Kier molecular flexibility index (Phi) is 3.00. The highest BCUT2D eigenvalue weighted by molar-refractivity contribution is 5.68. The molecule has 0 spiro atoms. The van der Waals surface area contributed by atoms with Crippen LogP contribution in [-0.4, -0.2) is 17.0 Å². The van der Waals surface area contributed by atoms with Crippen molar-refractivity contribution in [3.63, 3.8) is 0 Å². The number of hydrogen-bond acceptors (Lipinski definition) is 6. The quantitative estimate of drug-likeness (QED) is 0.563. The van der Waals surface area contributed by atoms with Gasteiger partial charge in [-0.1, -0.05) is 0 Å². The molecule has 0 saturated carbocycles. The Balaban J connectivity index is 3.68. The zero-order valence-electron chi connectivity index (χ0n) is 8.04. The van der Waals surface area contributed by atoms with Crippen LogP contribution in [0.1, 0.15) is 5.56 Å². The van der Waals surface area contributed by atoms with Crippen molar-refractivity contribution in [2.45, 2.75) is 0 Å². The fraction of sp³-hybridized carbons (Fsp3) is 0.125. The van der Waals surface area contributed by atoms with E-state index in [9.17, 15) is 20.2 Å². The molecule has 0 aliphatic rings. The van der Waals surface area contributed by atoms with Gasteiger partial charge in [0, 0.05) is 0 Å². The van der Waals surface area contributed by atoms with Crippen molar-refractivity contribution in [2.75, 3.05) is 7.11 Å². The van der Waals surface area contributed by atoms with Crippen LogP contribution < -0.4 is 4.74 Å². The molecule has 8 nitrogen and oxygen atoms in total. The lowest BCUT2D eigenvalue weighted by Crippen LogP contribution is -2.01. The highest BCUT2D eigenvalue weighted by Crippen LogP contribution is 2.38. The first kappa shape index (κ1) is 11.4. The molecular formula is C8H5N3O5. The van der Waals surface area contributed by atoms with Gasteiger partial charge in [0.1, 0.15) is 11.6 Å². The van der Waals surface area contributed by atoms with Gasteiger partial charge in [0.05, 0.1) is 17.0 Å². The molecule has 0 aliphatic carbocycles. The third-order valence-electron chi connectivity index (χ3n) is 1.82. The lowest BCUT2D eigenvalue weighted by molar-refractivity contribution is -0.423. The molecule has 1 rings (SSSR count). The Morgan fingerprint density at radius 1 is 1.25 bits per heavy atom. The predicted octanol–water partition coefficient (Wildman–Crippen LogP) is 1.38. The van der Waals surface area contributed by atoms with E-state index in [0.717, 1.165) is 19.2 Å². The van der Waals surface area contributed by atoms with Gasteiger partial charge in [-0.15, -0.1) is 0 Å². The summed E-state index contributed by atoms with van der Waals surface area (Å²) in [6.45, 7) is 0. The number of rotatable bonds is 3. The van der Waals surface area contributed by atoms with Crippen LogP contribution in [0.5, 0.6) is 5.75 Å². The summed E-state index contributed by atoms with van der Waals surface area (Å²) in [6, 6.07) is 3.77. The van der Waals surface area contributed by atoms with E-state index >= 15 is 0 Å². The van der Waals surface area contributed by atoms with Crippen LogP contribution >= 0.6 is 0 Å². The highest BCUT2D eigenvalue weighted by atomic mass is 16.6. The Hall–Kier alpha value is -2.69. The molecule has 1 aromatic carbocycles. The zero-order valence-corrected chi connectivity index (χ0v) is 8.04. The summed E-state index contributed by atoms with van der Waals surface area (Å²) in [5, 5.41) is 30.0. The molecule has 82 valence electrons. The lowest BCUT2D eigenvalue weighted by Gasteiger charge is -2.02. The molecule has 0 saturated heterocycles. The minimum Gasteiger partial charge on any atom is -0.490 e. The monoisotopic (exact) mass is 223 g/mol. The Bertz CT molecular complexity index is 505. The summed E-state index contributed by atoms with van der Waals surface area (Å²) in [6.07, 6.45) is 0. The predicted molar refractivity (Wildman–Crippen MR) is 51.0 cm³/mol. The smallest absolute Gasteiger partial charge is 0.388 e. The third kappa shape index (κ3) is 1.74. The SMILES string of the molecule is COc1ccc(C#N)c([N+](=O)[O-])c1[N+](=O)[O-]. The molecule has 8 heteroatoms. The van der Waals surface area contributed by atoms with E-state index in [1.54, 1.807) is 0 Å². The Morgan fingerprint density at radius 3 is 2.19 bits per heavy atom. The van der Waals surface area contributed by atoms with E-state index in [1.165, 1.54) is 6.07 Å². The average molecular weight is 223 g/mol. The molecule has 0 atom stereocenters. The number of ether oxygens (including phenoxy) is 1. The van der Waals surface area contributed by atoms with Gasteiger partial charge in [0.15, 0.2) is 0 Å². The van der Waals surface area contributed by atoms with Gasteiger partial charge in [-0.05, 0) is 12.1 Å². The normalized spacial score (nSPS) is 9.25. The zero-order chi connectivity index (χ0) is 12.3. The van der Waals surface area contributed by atoms with Crippen molar-refractivity contribution in [1.82, 2.24) is 0 Å². The first-order valence-electron chi connectivity index (χ1n) is 3.92. The molecule has 16 heavy (non-hydrogen) atoms. The molecule has 0 aliphatic heterocycles. The second-order valence-electron chi connectivity index (χ2n) is 2.64. The molecule has 0 amide bonds. The summed E-state index contributed by atoms with van der Waals surface area (Å²) >= 11 is 0. The van der Waals surface area contributed by atoms with Gasteiger partial charge in [-0.3, -0.25) is 20.2 Å². The minimum absolute atomic E-state index is 0.254. The van der Waals surface area contributed by atoms with Crippen molar-refractivity contribution >= 4 is 11.4 Å². The highest BCUT2D eigenvalue weighted by Gasteiger charge is 2.33. The van der Waals surface area contributed by atoms with Crippen molar-refractivity contribution in [3.8, 4) is 11.8 Å². The summed E-state index contributed by atoms with van der Waals surface area (Å²) in [5.41, 5.74) is -2.05. The third-order valence-corrected chi connectivity index (χ3v) is 1.82. The van der Waals surface area contributed by atoms with E-state index < -0.39 is 21.2 Å². The summed E-state index contributed by atoms with van der Waals surface area (Å²) < 4.78 is 4.64. The van der Waals surface area contributed by atoms with Gasteiger partial charge in [0.25, 0.3) is 0 Å². The topological polar surface area (TPSA) is 119 Å². The molecule has 0 N–H and O–H groups in total. The van der Waals surface area contributed by atoms with Crippen LogP contribution in [0.15, 0.2) is 12.1 Å². The van der Waals surface area contributed by atoms with Gasteiger partial charge in [0.2, 0.25) is 5.75 Å². The molecule has 0 heterocycles. The summed E-state index contributed by atoms with van der Waals surface area (Å²) in [5.74, 6) is -0.254. The molecule has 0 fully saturated rings. The second kappa shape index (κ2) is 4.22. The summed E-state index contributed by atoms with van der Waals surface area (Å²) in [4.78, 5) is 19.4. The number of nitrogens with zero attached hydrogens (tertiary/aromatic N) is 3. The summed E-state index contributed by atoms with van der Waals surface area (Å²) in [7, 11) is 1.15. The molecule has 0 bridgehead atoms. The van der Waals surface area contributed by atoms with Crippen molar-refractivity contribution < 1.29 is 14.6 Å². The first-order chi connectivity index (χ1) is 7.52. The number of methoxy groups -OCH3 is 1. The van der Waals surface area contributed by atoms with Crippen LogP contribution in [-0.2, 0) is 0 Å². The van der Waals surface area contributed by atoms with Gasteiger partial charge >= 0.3 is 11.4 Å². The van der Waals surface area contributed by atoms with Gasteiger partial charge in [-0.2, -0.15) is 5.26 Å². The number of nitriles is 1. The number of nitro groups is 2. The maximum Gasteiger partial charge on any atom is 0.388 e. The second-order valence-corrected chi connectivity index (χ2v) is 2.64. The van der Waals surface area contributed by atoms with Crippen LogP contribution in [0.25, 0.3) is 0 Å². The van der Waals surface area contributed by atoms with E-state index in [2.05, 4.69) is 4.74 Å². The van der Waals surface area contributed by atoms with Crippen molar-refractivity contribution in [2.24, 2.45) is 0 Å². The fourth-order valence-corrected chi connectivity index (χ4v) is 1.18. The van der Waals surface area contributed by atoms with E-state index in [-0.39, 0.29) is 11.3 Å². The van der Waals surface area contributed by atoms with Crippen molar-refractivity contribution in [3.05, 3.63) is 37.9 Å². The minimum atomic E-state index is -0.973. The molecular weight excluding hydrogens is 218 g/mol. The van der Waals surface area contributed by atoms with E-state index in [4.69, 9.17) is 5.26 Å². The maximum atomic E-state index is 10.7. The number of benzene rings is 1. The standard InChI is InChI=1S/C8H5N3O5/c1-16-6-3-2-5(4-9)7(10(12)13)8(6)11(14)15/h2-3H,1H3. The Morgan fingerprint density at radius 2 is 1.81 bits per heavy atom. The first-order valence-corrected chi connectivity index (χ1v) is 3.92. The van der Waals surface area contributed by atoms with Gasteiger partial charge < -0.3 is 4.74 Å². The molecule has 0 radical (unpaired) electrons. The average Bonchev–Trinajstić information content (AvgIpc) is 2.26. The van der Waals surface area contributed by atoms with E-state index in [1.807, 2.05) is 0 Å². The largest absolute Gasteiger partial charge is 0.490 e. The van der Waals surface area contributed by atoms with Crippen LogP contribution in [0.4, 0.5) is 11.4 Å². The number of hydrogen-bond donors (Lipinski definition) is 0. The Labute approximate surface area is 89.0 Å². The molecule has 0 unspecified atom stereocenters. The maximum absolute atomic E-state index is 10.7. The van der Waals surface area contributed by atoms with Gasteiger partial charge in [-0.25, -0.2) is 0 Å². The van der Waals surface area contributed by atoms with Crippen LogP contribution in [0.2, 0.25) is 0 Å². The fourth-order valence-electron chi connectivity index (χ4n) is 1.18. The lowest BCUT2D eigenvalue weighted by atomic mass is 10.1. The molecule has 0 aromatic heterocycles. The van der Waals surface area contributed by atoms with Crippen LogP contribution in [0.3, 0.4) is 0 Å². The number of nitro benzene ring substituents is 2. The van der Waals surface area contributed by atoms with E-state index in [0.29, 0.717) is 0 Å². The molecule has 1 aromatic rings. The van der Waals surface area contributed by atoms with Crippen molar-refractivity contribution in [1.29, 1.82) is 5.26 Å².